The van der Waals surface area contributed by atoms with Crippen LogP contribution in [0.15, 0.2) is 39.5 Å². The zero-order valence-corrected chi connectivity index (χ0v) is 16.7. The van der Waals surface area contributed by atoms with E-state index >= 15 is 0 Å². The molecule has 0 aliphatic rings. The number of carbonyl (C=O) groups excluding carboxylic acids is 1. The van der Waals surface area contributed by atoms with Gasteiger partial charge in [-0.25, -0.2) is 9.37 Å². The van der Waals surface area contributed by atoms with Crippen molar-refractivity contribution in [1.82, 2.24) is 14.9 Å². The van der Waals surface area contributed by atoms with E-state index in [1.807, 2.05) is 0 Å². The van der Waals surface area contributed by atoms with E-state index in [1.54, 1.807) is 16.7 Å². The number of aromatic hydroxyl groups is 1. The third-order valence-electron chi connectivity index (χ3n) is 3.83. The van der Waals surface area contributed by atoms with E-state index in [4.69, 9.17) is 5.11 Å². The standard InChI is InChI=1S/C17H12Br2FN3O4/c18-13-12-10(5-21-14(15(12)26)17(27)22-6-11(24)25)23(16(13)19)7-8-1-3-9(20)4-2-8/h1-5,26H,6-7H2,(H,22,27)(H,24,25). The fourth-order valence-corrected chi connectivity index (χ4v) is 3.69. The number of carboxylic acid groups (broad SMARTS) is 1. The van der Waals surface area contributed by atoms with Gasteiger partial charge in [0.15, 0.2) is 11.4 Å². The number of aliphatic carboxylic acids is 1. The van der Waals surface area contributed by atoms with Gasteiger partial charge >= 0.3 is 5.97 Å². The van der Waals surface area contributed by atoms with Gasteiger partial charge in [-0.3, -0.25) is 9.59 Å². The van der Waals surface area contributed by atoms with Crippen LogP contribution in [0.1, 0.15) is 16.1 Å². The van der Waals surface area contributed by atoms with E-state index in [2.05, 4.69) is 42.2 Å². The van der Waals surface area contributed by atoms with E-state index in [-0.39, 0.29) is 17.3 Å². The molecular formula is C17H12Br2FN3O4. The lowest BCUT2D eigenvalue weighted by Crippen LogP contribution is -2.29. The lowest BCUT2D eigenvalue weighted by atomic mass is 10.2. The van der Waals surface area contributed by atoms with E-state index in [1.165, 1.54) is 18.3 Å². The lowest BCUT2D eigenvalue weighted by Gasteiger charge is -2.09. The van der Waals surface area contributed by atoms with Gasteiger partial charge in [-0.2, -0.15) is 0 Å². The number of nitrogens with one attached hydrogen (secondary N) is 1. The van der Waals surface area contributed by atoms with Gasteiger partial charge < -0.3 is 20.1 Å². The molecule has 7 nitrogen and oxygen atoms in total. The number of benzene rings is 1. The number of carbonyl (C=O) groups is 2. The monoisotopic (exact) mass is 499 g/mol. The number of hydrogen-bond donors (Lipinski definition) is 3. The zero-order valence-electron chi connectivity index (χ0n) is 13.5. The van der Waals surface area contributed by atoms with E-state index < -0.39 is 18.4 Å². The molecule has 2 heterocycles. The molecule has 0 saturated carbocycles. The summed E-state index contributed by atoms with van der Waals surface area (Å²) in [6.07, 6.45) is 1.41. The van der Waals surface area contributed by atoms with Crippen molar-refractivity contribution in [2.75, 3.05) is 6.54 Å². The first-order valence-electron chi connectivity index (χ1n) is 7.59. The summed E-state index contributed by atoms with van der Waals surface area (Å²) in [5.41, 5.74) is 1.07. The topological polar surface area (TPSA) is 104 Å². The molecule has 0 spiro atoms. The van der Waals surface area contributed by atoms with Crippen LogP contribution in [-0.4, -0.2) is 38.2 Å². The normalized spacial score (nSPS) is 10.9. The van der Waals surface area contributed by atoms with E-state index in [9.17, 15) is 19.1 Å². The molecule has 0 bridgehead atoms. The van der Waals surface area contributed by atoms with Crippen molar-refractivity contribution >= 4 is 54.6 Å². The molecule has 10 heteroatoms. The average molecular weight is 501 g/mol. The second-order valence-electron chi connectivity index (χ2n) is 5.61. The van der Waals surface area contributed by atoms with Gasteiger partial charge in [0.05, 0.1) is 21.6 Å². The number of carboxylic acids is 1. The van der Waals surface area contributed by atoms with Crippen LogP contribution in [-0.2, 0) is 11.3 Å². The van der Waals surface area contributed by atoms with Crippen LogP contribution in [0, 0.1) is 5.82 Å². The zero-order chi connectivity index (χ0) is 19.7. The Labute approximate surface area is 169 Å². The second-order valence-corrected chi connectivity index (χ2v) is 7.15. The molecule has 1 amide bonds. The summed E-state index contributed by atoms with van der Waals surface area (Å²) >= 11 is 6.82. The van der Waals surface area contributed by atoms with Gasteiger partial charge in [-0.1, -0.05) is 12.1 Å². The van der Waals surface area contributed by atoms with Gasteiger partial charge in [0.1, 0.15) is 17.0 Å². The van der Waals surface area contributed by atoms with Gasteiger partial charge in [0.2, 0.25) is 0 Å². The lowest BCUT2D eigenvalue weighted by molar-refractivity contribution is -0.135. The van der Waals surface area contributed by atoms with Crippen molar-refractivity contribution < 1.29 is 24.2 Å². The van der Waals surface area contributed by atoms with Gasteiger partial charge in [-0.05, 0) is 49.6 Å². The number of hydrogen-bond acceptors (Lipinski definition) is 4. The summed E-state index contributed by atoms with van der Waals surface area (Å²) in [7, 11) is 0. The predicted molar refractivity (Wildman–Crippen MR) is 102 cm³/mol. The highest BCUT2D eigenvalue weighted by atomic mass is 79.9. The molecule has 0 saturated heterocycles. The minimum Gasteiger partial charge on any atom is -0.505 e. The van der Waals surface area contributed by atoms with Crippen LogP contribution in [0.2, 0.25) is 0 Å². The van der Waals surface area contributed by atoms with Crippen molar-refractivity contribution in [3.8, 4) is 5.75 Å². The first kappa shape index (κ1) is 19.3. The number of fused-ring (bicyclic) bond motifs is 1. The summed E-state index contributed by atoms with van der Waals surface area (Å²) in [6, 6.07) is 5.99. The fraction of sp³-hybridized carbons (Fsp3) is 0.118. The number of amides is 1. The molecule has 27 heavy (non-hydrogen) atoms. The first-order chi connectivity index (χ1) is 12.8. The maximum absolute atomic E-state index is 13.1. The van der Waals surface area contributed by atoms with Crippen molar-refractivity contribution in [2.24, 2.45) is 0 Å². The van der Waals surface area contributed by atoms with Crippen molar-refractivity contribution in [3.05, 3.63) is 56.6 Å². The Balaban J connectivity index is 2.04. The Morgan fingerprint density at radius 1 is 1.22 bits per heavy atom. The summed E-state index contributed by atoms with van der Waals surface area (Å²) in [5, 5.41) is 21.7. The predicted octanol–water partition coefficient (Wildman–Crippen LogP) is 3.27. The Morgan fingerprint density at radius 2 is 1.89 bits per heavy atom. The minimum atomic E-state index is -1.21. The van der Waals surface area contributed by atoms with Crippen molar-refractivity contribution in [1.29, 1.82) is 0 Å². The van der Waals surface area contributed by atoms with Crippen LogP contribution in [0.5, 0.6) is 5.75 Å². The SMILES string of the molecule is O=C(O)CNC(=O)c1ncc2c(c1O)c(Br)c(Br)n2Cc1ccc(F)cc1. The number of rotatable bonds is 5. The molecule has 3 rings (SSSR count). The molecule has 1 aromatic carbocycles. The summed E-state index contributed by atoms with van der Waals surface area (Å²) in [6.45, 7) is -0.219. The molecule has 0 fully saturated rings. The fourth-order valence-electron chi connectivity index (χ4n) is 2.57. The number of aromatic nitrogens is 2. The molecular weight excluding hydrogens is 489 g/mol. The van der Waals surface area contributed by atoms with Crippen LogP contribution in [0.25, 0.3) is 10.9 Å². The van der Waals surface area contributed by atoms with E-state index in [0.29, 0.717) is 26.5 Å². The molecule has 3 N–H and O–H groups in total. The molecule has 140 valence electrons. The van der Waals surface area contributed by atoms with Gasteiger partial charge in [0.25, 0.3) is 5.91 Å². The Bertz CT molecular complexity index is 1050. The van der Waals surface area contributed by atoms with Gasteiger partial charge in [0, 0.05) is 6.54 Å². The van der Waals surface area contributed by atoms with Gasteiger partial charge in [-0.15, -0.1) is 0 Å². The highest BCUT2D eigenvalue weighted by Crippen LogP contribution is 2.40. The van der Waals surface area contributed by atoms with Crippen LogP contribution in [0.4, 0.5) is 4.39 Å². The largest absolute Gasteiger partial charge is 0.505 e. The molecule has 0 unspecified atom stereocenters. The summed E-state index contributed by atoms with van der Waals surface area (Å²) < 4.78 is 16.0. The maximum atomic E-state index is 13.1. The molecule has 0 radical (unpaired) electrons. The summed E-state index contributed by atoms with van der Waals surface area (Å²) in [5.74, 6) is -2.72. The molecule has 2 aromatic heterocycles. The highest BCUT2D eigenvalue weighted by Gasteiger charge is 2.23. The first-order valence-corrected chi connectivity index (χ1v) is 9.17. The third-order valence-corrected chi connectivity index (χ3v) is 5.96. The highest BCUT2D eigenvalue weighted by molar-refractivity contribution is 9.13. The molecule has 0 aliphatic carbocycles. The second kappa shape index (κ2) is 7.65. The average Bonchev–Trinajstić information content (AvgIpc) is 2.87. The molecule has 0 atom stereocenters. The minimum absolute atomic E-state index is 0.282. The molecule has 0 aliphatic heterocycles. The van der Waals surface area contributed by atoms with Crippen molar-refractivity contribution in [2.45, 2.75) is 6.54 Å². The molecule has 3 aromatic rings. The number of nitrogens with zero attached hydrogens (tertiary/aromatic N) is 2. The number of pyridine rings is 1. The Kier molecular flexibility index (Phi) is 5.47. The Morgan fingerprint density at radius 3 is 2.52 bits per heavy atom. The summed E-state index contributed by atoms with van der Waals surface area (Å²) in [4.78, 5) is 26.6. The van der Waals surface area contributed by atoms with Crippen LogP contribution >= 0.6 is 31.9 Å². The third kappa shape index (κ3) is 3.81. The van der Waals surface area contributed by atoms with Crippen molar-refractivity contribution in [3.63, 3.8) is 0 Å². The van der Waals surface area contributed by atoms with Crippen LogP contribution < -0.4 is 5.32 Å². The maximum Gasteiger partial charge on any atom is 0.322 e. The van der Waals surface area contributed by atoms with Crippen LogP contribution in [0.3, 0.4) is 0 Å². The quantitative estimate of drug-likeness (QED) is 0.498. The smallest absolute Gasteiger partial charge is 0.322 e. The number of halogens is 3. The Hall–Kier alpha value is -2.46. The van der Waals surface area contributed by atoms with E-state index in [0.717, 1.165) is 5.56 Å².